The summed E-state index contributed by atoms with van der Waals surface area (Å²) in [7, 11) is 0. The number of carbonyl (C=O) groups is 1. The van der Waals surface area contributed by atoms with Crippen LogP contribution in [0.25, 0.3) is 16.6 Å². The van der Waals surface area contributed by atoms with Gasteiger partial charge in [-0.15, -0.1) is 0 Å². The number of para-hydroxylation sites is 1. The van der Waals surface area contributed by atoms with Crippen LogP contribution >= 0.6 is 0 Å². The van der Waals surface area contributed by atoms with Gasteiger partial charge < -0.3 is 9.88 Å². The van der Waals surface area contributed by atoms with E-state index >= 15 is 0 Å². The molecule has 1 heterocycles. The summed E-state index contributed by atoms with van der Waals surface area (Å²) in [5.41, 5.74) is 2.97. The highest BCUT2D eigenvalue weighted by atomic mass is 16.1. The maximum absolute atomic E-state index is 12.0. The molecule has 1 fully saturated rings. The zero-order chi connectivity index (χ0) is 14.2. The van der Waals surface area contributed by atoms with Gasteiger partial charge >= 0.3 is 0 Å². The van der Waals surface area contributed by atoms with E-state index in [1.165, 1.54) is 10.9 Å². The number of carbonyl (C=O) groups excluding carboxylic acids is 1. The molecule has 0 radical (unpaired) electrons. The van der Waals surface area contributed by atoms with Crippen molar-refractivity contribution in [2.45, 2.75) is 18.9 Å². The maximum atomic E-state index is 12.0. The summed E-state index contributed by atoms with van der Waals surface area (Å²) >= 11 is 0. The lowest BCUT2D eigenvalue weighted by molar-refractivity contribution is 0.0951. The number of fused-ring (bicyclic) bond motifs is 1. The highest BCUT2D eigenvalue weighted by Crippen LogP contribution is 2.22. The number of nitrogens with one attached hydrogen (secondary N) is 1. The molecular formula is C18H16N2O. The summed E-state index contributed by atoms with van der Waals surface area (Å²) in [5, 5.41) is 4.22. The molecule has 4 rings (SSSR count). The Bertz CT molecular complexity index is 797. The van der Waals surface area contributed by atoms with Gasteiger partial charge in [0.1, 0.15) is 0 Å². The highest BCUT2D eigenvalue weighted by Gasteiger charge is 2.23. The fourth-order valence-corrected chi connectivity index (χ4v) is 2.58. The Morgan fingerprint density at radius 2 is 1.76 bits per heavy atom. The Morgan fingerprint density at radius 3 is 2.52 bits per heavy atom. The van der Waals surface area contributed by atoms with Crippen molar-refractivity contribution in [2.24, 2.45) is 0 Å². The van der Waals surface area contributed by atoms with E-state index in [-0.39, 0.29) is 5.91 Å². The lowest BCUT2D eigenvalue weighted by Crippen LogP contribution is -2.25. The van der Waals surface area contributed by atoms with Crippen LogP contribution < -0.4 is 5.32 Å². The van der Waals surface area contributed by atoms with E-state index < -0.39 is 0 Å². The Kier molecular flexibility index (Phi) is 2.78. The zero-order valence-corrected chi connectivity index (χ0v) is 11.6. The molecule has 21 heavy (non-hydrogen) atoms. The Morgan fingerprint density at radius 1 is 1.00 bits per heavy atom. The summed E-state index contributed by atoms with van der Waals surface area (Å²) in [4.78, 5) is 12.0. The molecule has 1 N–H and O–H groups in total. The van der Waals surface area contributed by atoms with E-state index in [2.05, 4.69) is 34.3 Å². The summed E-state index contributed by atoms with van der Waals surface area (Å²) in [6.07, 6.45) is 4.28. The normalized spacial score (nSPS) is 14.3. The summed E-state index contributed by atoms with van der Waals surface area (Å²) < 4.78 is 2.14. The van der Waals surface area contributed by atoms with E-state index in [1.807, 2.05) is 36.4 Å². The molecule has 0 atom stereocenters. The molecule has 1 aromatic heterocycles. The molecule has 1 aliphatic carbocycles. The van der Waals surface area contributed by atoms with Crippen LogP contribution in [0.5, 0.6) is 0 Å². The largest absolute Gasteiger partial charge is 0.349 e. The van der Waals surface area contributed by atoms with Gasteiger partial charge in [-0.1, -0.05) is 18.2 Å². The zero-order valence-electron chi connectivity index (χ0n) is 11.6. The lowest BCUT2D eigenvalue weighted by Gasteiger charge is -2.07. The Hall–Kier alpha value is -2.55. The van der Waals surface area contributed by atoms with Crippen molar-refractivity contribution in [1.29, 1.82) is 0 Å². The average Bonchev–Trinajstić information content (AvgIpc) is 3.23. The Balaban J connectivity index is 1.65. The SMILES string of the molecule is O=C(NC1CC1)c1ccc(-n2ccc3ccccc32)cc1. The molecule has 3 nitrogen and oxygen atoms in total. The third-order valence-electron chi connectivity index (χ3n) is 3.92. The number of amides is 1. The molecule has 1 saturated carbocycles. The standard InChI is InChI=1S/C18H16N2O/c21-18(19-15-7-8-15)14-5-9-16(10-6-14)20-12-11-13-3-1-2-4-17(13)20/h1-6,9-12,15H,7-8H2,(H,19,21). The minimum Gasteiger partial charge on any atom is -0.349 e. The van der Waals surface area contributed by atoms with Crippen molar-refractivity contribution in [3.63, 3.8) is 0 Å². The average molecular weight is 276 g/mol. The molecule has 0 unspecified atom stereocenters. The predicted molar refractivity (Wildman–Crippen MR) is 83.8 cm³/mol. The van der Waals surface area contributed by atoms with Crippen molar-refractivity contribution in [3.8, 4) is 5.69 Å². The summed E-state index contributed by atoms with van der Waals surface area (Å²) in [5.74, 6) is 0.0291. The third kappa shape index (κ3) is 2.31. The molecule has 3 heteroatoms. The molecule has 1 amide bonds. The number of rotatable bonds is 3. The molecule has 1 aliphatic rings. The van der Waals surface area contributed by atoms with Crippen LogP contribution in [0.1, 0.15) is 23.2 Å². The molecule has 2 aromatic carbocycles. The molecule has 0 bridgehead atoms. The van der Waals surface area contributed by atoms with Crippen LogP contribution in [0.4, 0.5) is 0 Å². The monoisotopic (exact) mass is 276 g/mol. The second-order valence-corrected chi connectivity index (χ2v) is 5.54. The van der Waals surface area contributed by atoms with Gasteiger partial charge in [-0.05, 0) is 54.6 Å². The molecule has 0 spiro atoms. The number of aromatic nitrogens is 1. The van der Waals surface area contributed by atoms with Crippen LogP contribution in [0.2, 0.25) is 0 Å². The van der Waals surface area contributed by atoms with Crippen molar-refractivity contribution >= 4 is 16.8 Å². The van der Waals surface area contributed by atoms with Crippen molar-refractivity contribution in [2.75, 3.05) is 0 Å². The fourth-order valence-electron chi connectivity index (χ4n) is 2.58. The minimum absolute atomic E-state index is 0.0291. The first-order valence-electron chi connectivity index (χ1n) is 7.29. The van der Waals surface area contributed by atoms with E-state index in [0.29, 0.717) is 6.04 Å². The number of hydrogen-bond donors (Lipinski definition) is 1. The van der Waals surface area contributed by atoms with Gasteiger partial charge in [-0.2, -0.15) is 0 Å². The van der Waals surface area contributed by atoms with Crippen molar-refractivity contribution in [3.05, 3.63) is 66.4 Å². The van der Waals surface area contributed by atoms with Gasteiger partial charge in [0.25, 0.3) is 5.91 Å². The van der Waals surface area contributed by atoms with Crippen LogP contribution in [-0.2, 0) is 0 Å². The van der Waals surface area contributed by atoms with E-state index in [1.54, 1.807) is 0 Å². The van der Waals surface area contributed by atoms with Crippen molar-refractivity contribution in [1.82, 2.24) is 9.88 Å². The van der Waals surface area contributed by atoms with Crippen LogP contribution in [0.15, 0.2) is 60.8 Å². The second kappa shape index (κ2) is 4.77. The molecule has 0 saturated heterocycles. The first-order chi connectivity index (χ1) is 10.3. The maximum Gasteiger partial charge on any atom is 0.251 e. The van der Waals surface area contributed by atoms with Gasteiger partial charge in [0, 0.05) is 23.5 Å². The van der Waals surface area contributed by atoms with Gasteiger partial charge in [0.2, 0.25) is 0 Å². The molecule has 3 aromatic rings. The third-order valence-corrected chi connectivity index (χ3v) is 3.92. The molecular weight excluding hydrogens is 260 g/mol. The van der Waals surface area contributed by atoms with Crippen LogP contribution in [0.3, 0.4) is 0 Å². The van der Waals surface area contributed by atoms with Gasteiger partial charge in [-0.25, -0.2) is 0 Å². The molecule has 0 aliphatic heterocycles. The minimum atomic E-state index is 0.0291. The molecule has 104 valence electrons. The van der Waals surface area contributed by atoms with Gasteiger partial charge in [0.15, 0.2) is 0 Å². The first kappa shape index (κ1) is 12.2. The van der Waals surface area contributed by atoms with Crippen molar-refractivity contribution < 1.29 is 4.79 Å². The Labute approximate surface area is 123 Å². The quantitative estimate of drug-likeness (QED) is 0.780. The smallest absolute Gasteiger partial charge is 0.251 e. The number of hydrogen-bond acceptors (Lipinski definition) is 1. The van der Waals surface area contributed by atoms with E-state index in [9.17, 15) is 4.79 Å². The van der Waals surface area contributed by atoms with E-state index in [4.69, 9.17) is 0 Å². The van der Waals surface area contributed by atoms with Gasteiger partial charge in [0.05, 0.1) is 5.52 Å². The number of nitrogens with zero attached hydrogens (tertiary/aromatic N) is 1. The second-order valence-electron chi connectivity index (χ2n) is 5.54. The predicted octanol–water partition coefficient (Wildman–Crippen LogP) is 3.52. The first-order valence-corrected chi connectivity index (χ1v) is 7.29. The highest BCUT2D eigenvalue weighted by molar-refractivity contribution is 5.94. The van der Waals surface area contributed by atoms with Gasteiger partial charge in [-0.3, -0.25) is 4.79 Å². The van der Waals surface area contributed by atoms with E-state index in [0.717, 1.165) is 24.1 Å². The lowest BCUT2D eigenvalue weighted by atomic mass is 10.2. The fraction of sp³-hybridized carbons (Fsp3) is 0.167. The van der Waals surface area contributed by atoms with Crippen LogP contribution in [0, 0.1) is 0 Å². The summed E-state index contributed by atoms with van der Waals surface area (Å²) in [6.45, 7) is 0. The van der Waals surface area contributed by atoms with Crippen LogP contribution in [-0.4, -0.2) is 16.5 Å². The topological polar surface area (TPSA) is 34.0 Å². The summed E-state index contributed by atoms with van der Waals surface area (Å²) in [6, 6.07) is 18.5. The number of benzene rings is 2.